The SMILES string of the molecule is C[C@H](NC1N=CC=C(c2nccnc2-c2cccc(C(F)(F)F)c2)N1)C1(C)C=CC=CC1. The first kappa shape index (κ1) is 22.0. The van der Waals surface area contributed by atoms with Crippen LogP contribution in [0, 0.1) is 5.41 Å². The highest BCUT2D eigenvalue weighted by Gasteiger charge is 2.32. The van der Waals surface area contributed by atoms with E-state index in [4.69, 9.17) is 0 Å². The second-order valence-electron chi connectivity index (χ2n) is 8.14. The highest BCUT2D eigenvalue weighted by molar-refractivity contribution is 5.88. The number of nitrogens with one attached hydrogen (secondary N) is 2. The van der Waals surface area contributed by atoms with E-state index in [1.54, 1.807) is 18.4 Å². The molecule has 5 nitrogen and oxygen atoms in total. The Labute approximate surface area is 184 Å². The molecular formula is C24H24F3N5. The Balaban J connectivity index is 1.57. The van der Waals surface area contributed by atoms with E-state index in [-0.39, 0.29) is 11.5 Å². The van der Waals surface area contributed by atoms with Crippen LogP contribution < -0.4 is 10.6 Å². The lowest BCUT2D eigenvalue weighted by Gasteiger charge is -2.36. The van der Waals surface area contributed by atoms with Gasteiger partial charge in [0.25, 0.3) is 0 Å². The third kappa shape index (κ3) is 4.65. The second-order valence-corrected chi connectivity index (χ2v) is 8.14. The molecule has 3 atom stereocenters. The minimum absolute atomic E-state index is 0.0526. The van der Waals surface area contributed by atoms with E-state index in [1.165, 1.54) is 18.5 Å². The number of alkyl halides is 3. The van der Waals surface area contributed by atoms with Gasteiger partial charge in [0.2, 0.25) is 0 Å². The summed E-state index contributed by atoms with van der Waals surface area (Å²) in [6.45, 7) is 4.29. The van der Waals surface area contributed by atoms with Crippen molar-refractivity contribution in [2.45, 2.75) is 38.8 Å². The Kier molecular flexibility index (Phi) is 5.97. The molecule has 0 bridgehead atoms. The maximum atomic E-state index is 13.2. The molecule has 1 aromatic carbocycles. The van der Waals surface area contributed by atoms with Gasteiger partial charge in [0, 0.05) is 35.6 Å². The molecule has 2 aliphatic rings. The summed E-state index contributed by atoms with van der Waals surface area (Å²) in [4.78, 5) is 13.2. The van der Waals surface area contributed by atoms with Crippen LogP contribution in [0.4, 0.5) is 13.2 Å². The molecule has 0 radical (unpaired) electrons. The van der Waals surface area contributed by atoms with Crippen LogP contribution in [0.3, 0.4) is 0 Å². The minimum Gasteiger partial charge on any atom is -0.350 e. The van der Waals surface area contributed by atoms with Crippen LogP contribution in [0.5, 0.6) is 0 Å². The second kappa shape index (κ2) is 8.70. The van der Waals surface area contributed by atoms with Gasteiger partial charge in [-0.25, -0.2) is 0 Å². The maximum absolute atomic E-state index is 13.2. The Morgan fingerprint density at radius 3 is 2.66 bits per heavy atom. The van der Waals surface area contributed by atoms with Crippen molar-refractivity contribution in [3.8, 4) is 11.3 Å². The first-order valence-corrected chi connectivity index (χ1v) is 10.4. The molecular weight excluding hydrogens is 415 g/mol. The molecule has 0 spiro atoms. The molecule has 1 aromatic heterocycles. The molecule has 166 valence electrons. The van der Waals surface area contributed by atoms with E-state index in [0.717, 1.165) is 18.6 Å². The molecule has 0 fully saturated rings. The van der Waals surface area contributed by atoms with Crippen molar-refractivity contribution in [1.29, 1.82) is 0 Å². The zero-order valence-electron chi connectivity index (χ0n) is 17.8. The van der Waals surface area contributed by atoms with Crippen LogP contribution in [0.1, 0.15) is 31.5 Å². The fourth-order valence-corrected chi connectivity index (χ4v) is 3.75. The summed E-state index contributed by atoms with van der Waals surface area (Å²) < 4.78 is 39.6. The third-order valence-corrected chi connectivity index (χ3v) is 5.86. The lowest BCUT2D eigenvalue weighted by Crippen LogP contribution is -2.51. The van der Waals surface area contributed by atoms with Crippen LogP contribution >= 0.6 is 0 Å². The first-order chi connectivity index (χ1) is 15.3. The Morgan fingerprint density at radius 2 is 1.94 bits per heavy atom. The summed E-state index contributed by atoms with van der Waals surface area (Å²) in [7, 11) is 0. The maximum Gasteiger partial charge on any atom is 0.416 e. The Morgan fingerprint density at radius 1 is 1.16 bits per heavy atom. The molecule has 32 heavy (non-hydrogen) atoms. The molecule has 2 N–H and O–H groups in total. The van der Waals surface area contributed by atoms with Crippen LogP contribution in [0.25, 0.3) is 17.0 Å². The predicted molar refractivity (Wildman–Crippen MR) is 119 cm³/mol. The van der Waals surface area contributed by atoms with Crippen LogP contribution in [-0.2, 0) is 6.18 Å². The predicted octanol–water partition coefficient (Wildman–Crippen LogP) is 4.96. The lowest BCUT2D eigenvalue weighted by atomic mass is 9.77. The fourth-order valence-electron chi connectivity index (χ4n) is 3.75. The summed E-state index contributed by atoms with van der Waals surface area (Å²) in [5.74, 6) is 0. The first-order valence-electron chi connectivity index (χ1n) is 10.4. The van der Waals surface area contributed by atoms with Crippen LogP contribution in [0.15, 0.2) is 72.0 Å². The van der Waals surface area contributed by atoms with Gasteiger partial charge < -0.3 is 5.32 Å². The summed E-state index contributed by atoms with van der Waals surface area (Å²) in [5.41, 5.74) is 1.03. The smallest absolute Gasteiger partial charge is 0.350 e. The summed E-state index contributed by atoms with van der Waals surface area (Å²) in [5, 5.41) is 6.78. The van der Waals surface area contributed by atoms with E-state index in [2.05, 4.69) is 51.6 Å². The minimum atomic E-state index is -4.43. The summed E-state index contributed by atoms with van der Waals surface area (Å²) in [6.07, 6.45) is 10.9. The molecule has 1 aliphatic carbocycles. The average Bonchev–Trinajstić information content (AvgIpc) is 2.79. The fraction of sp³-hybridized carbons (Fsp3) is 0.292. The molecule has 4 rings (SSSR count). The quantitative estimate of drug-likeness (QED) is 0.691. The van der Waals surface area contributed by atoms with Gasteiger partial charge in [0.1, 0.15) is 5.69 Å². The lowest BCUT2D eigenvalue weighted by molar-refractivity contribution is -0.137. The molecule has 2 aromatic rings. The molecule has 1 aliphatic heterocycles. The number of allylic oxidation sites excluding steroid dienone is 4. The number of aliphatic imine (C=N–C) groups is 1. The Bertz CT molecular complexity index is 1100. The van der Waals surface area contributed by atoms with Crippen molar-refractivity contribution < 1.29 is 13.2 Å². The van der Waals surface area contributed by atoms with Crippen molar-refractivity contribution in [2.75, 3.05) is 0 Å². The van der Waals surface area contributed by atoms with E-state index in [1.807, 2.05) is 12.2 Å². The van der Waals surface area contributed by atoms with Crippen molar-refractivity contribution in [1.82, 2.24) is 20.6 Å². The number of hydrogen-bond acceptors (Lipinski definition) is 5. The monoisotopic (exact) mass is 439 g/mol. The summed E-state index contributed by atoms with van der Waals surface area (Å²) >= 11 is 0. The molecule has 2 unspecified atom stereocenters. The van der Waals surface area contributed by atoms with E-state index < -0.39 is 18.0 Å². The van der Waals surface area contributed by atoms with Crippen molar-refractivity contribution in [3.05, 3.63) is 78.3 Å². The molecule has 0 saturated heterocycles. The zero-order chi connectivity index (χ0) is 22.8. The third-order valence-electron chi connectivity index (χ3n) is 5.86. The number of benzene rings is 1. The highest BCUT2D eigenvalue weighted by atomic mass is 19.4. The summed E-state index contributed by atoms with van der Waals surface area (Å²) in [6, 6.07) is 5.22. The van der Waals surface area contributed by atoms with E-state index in [9.17, 15) is 13.2 Å². The van der Waals surface area contributed by atoms with Crippen molar-refractivity contribution in [2.24, 2.45) is 10.4 Å². The van der Waals surface area contributed by atoms with Gasteiger partial charge in [-0.15, -0.1) is 0 Å². The van der Waals surface area contributed by atoms with Gasteiger partial charge in [0.05, 0.1) is 17.0 Å². The van der Waals surface area contributed by atoms with Gasteiger partial charge in [-0.3, -0.25) is 20.3 Å². The van der Waals surface area contributed by atoms with Crippen LogP contribution in [-0.4, -0.2) is 28.5 Å². The number of hydrogen-bond donors (Lipinski definition) is 2. The van der Waals surface area contributed by atoms with Crippen molar-refractivity contribution >= 4 is 11.9 Å². The number of rotatable bonds is 5. The molecule has 0 saturated carbocycles. The standard InChI is InChI=1S/C24H24F3N5/c1-16(23(2)10-4-3-5-11-23)31-22-30-12-9-19(32-22)21-20(28-13-14-29-21)17-7-6-8-18(15-17)24(25,26)27/h3-10,12-16,22,31-32H,11H2,1-2H3/t16-,22?,23?/m0/s1. The highest BCUT2D eigenvalue weighted by Crippen LogP contribution is 2.34. The van der Waals surface area contributed by atoms with Gasteiger partial charge >= 0.3 is 6.18 Å². The van der Waals surface area contributed by atoms with Crippen molar-refractivity contribution in [3.63, 3.8) is 0 Å². The largest absolute Gasteiger partial charge is 0.416 e. The van der Waals surface area contributed by atoms with Gasteiger partial charge in [-0.05, 0) is 31.6 Å². The zero-order valence-corrected chi connectivity index (χ0v) is 17.8. The topological polar surface area (TPSA) is 62.2 Å². The molecule has 2 heterocycles. The number of halogens is 3. The number of aromatic nitrogens is 2. The van der Waals surface area contributed by atoms with Gasteiger partial charge in [-0.1, -0.05) is 43.4 Å². The molecule has 8 heteroatoms. The molecule has 0 amide bonds. The van der Waals surface area contributed by atoms with E-state index in [0.29, 0.717) is 22.6 Å². The van der Waals surface area contributed by atoms with Gasteiger partial charge in [0.15, 0.2) is 6.29 Å². The van der Waals surface area contributed by atoms with Gasteiger partial charge in [-0.2, -0.15) is 13.2 Å². The van der Waals surface area contributed by atoms with E-state index >= 15 is 0 Å². The normalized spacial score (nSPS) is 23.5. The Hall–Kier alpha value is -3.26. The number of nitrogens with zero attached hydrogens (tertiary/aromatic N) is 3. The average molecular weight is 439 g/mol. The van der Waals surface area contributed by atoms with Crippen LogP contribution in [0.2, 0.25) is 0 Å².